The van der Waals surface area contributed by atoms with E-state index < -0.39 is 28.6 Å². The summed E-state index contributed by atoms with van der Waals surface area (Å²) >= 11 is 0. The van der Waals surface area contributed by atoms with E-state index in [-0.39, 0.29) is 17.5 Å². The van der Waals surface area contributed by atoms with Gasteiger partial charge in [0.15, 0.2) is 0 Å². The number of rotatable bonds is 8. The lowest BCUT2D eigenvalue weighted by Crippen LogP contribution is -2.47. The topological polar surface area (TPSA) is 131 Å². The lowest BCUT2D eigenvalue weighted by Gasteiger charge is -2.26. The fraction of sp³-hybridized carbons (Fsp3) is 0.619. The van der Waals surface area contributed by atoms with Crippen molar-refractivity contribution in [3.8, 4) is 5.75 Å². The number of carbonyl (C=O) groups excluding carboxylic acids is 1. The fourth-order valence-corrected chi connectivity index (χ4v) is 3.83. The van der Waals surface area contributed by atoms with Crippen LogP contribution >= 0.6 is 0 Å². The smallest absolute Gasteiger partial charge is 0.408 e. The number of amides is 1. The fourth-order valence-electron chi connectivity index (χ4n) is 3.83. The Morgan fingerprint density at radius 3 is 2.61 bits per heavy atom. The summed E-state index contributed by atoms with van der Waals surface area (Å²) < 4.78 is 10.5. The van der Waals surface area contributed by atoms with Gasteiger partial charge in [-0.2, -0.15) is 0 Å². The average molecular weight is 437 g/mol. The van der Waals surface area contributed by atoms with Gasteiger partial charge in [-0.15, -0.1) is 0 Å². The van der Waals surface area contributed by atoms with E-state index >= 15 is 0 Å². The zero-order chi connectivity index (χ0) is 23.3. The first-order valence-electron chi connectivity index (χ1n) is 10.2. The predicted molar refractivity (Wildman–Crippen MR) is 115 cm³/mol. The maximum Gasteiger partial charge on any atom is 0.408 e. The molecule has 1 aliphatic rings. The Balaban J connectivity index is 2.02. The second kappa shape index (κ2) is 9.84. The summed E-state index contributed by atoms with van der Waals surface area (Å²) in [7, 11) is 1.47. The Morgan fingerprint density at radius 2 is 2.06 bits per heavy atom. The minimum absolute atomic E-state index is 0.0394. The molecule has 31 heavy (non-hydrogen) atoms. The Kier molecular flexibility index (Phi) is 7.70. The molecule has 10 nitrogen and oxygen atoms in total. The first-order chi connectivity index (χ1) is 14.4. The average Bonchev–Trinajstić information content (AvgIpc) is 3.11. The number of anilines is 1. The number of hydrogen-bond donors (Lipinski definition) is 2. The molecule has 0 bridgehead atoms. The van der Waals surface area contributed by atoms with Crippen molar-refractivity contribution < 1.29 is 29.1 Å². The van der Waals surface area contributed by atoms with Gasteiger partial charge < -0.3 is 24.8 Å². The van der Waals surface area contributed by atoms with Gasteiger partial charge in [0.05, 0.1) is 23.8 Å². The zero-order valence-corrected chi connectivity index (χ0v) is 18.6. The normalized spacial score (nSPS) is 18.2. The molecule has 2 N–H and O–H groups in total. The molecule has 1 aromatic carbocycles. The molecule has 10 heteroatoms. The third-order valence-corrected chi connectivity index (χ3v) is 5.21. The van der Waals surface area contributed by atoms with Crippen molar-refractivity contribution >= 4 is 23.4 Å². The van der Waals surface area contributed by atoms with Crippen molar-refractivity contribution in [2.45, 2.75) is 52.2 Å². The molecule has 1 heterocycles. The maximum absolute atomic E-state index is 12.0. The summed E-state index contributed by atoms with van der Waals surface area (Å²) in [5, 5.41) is 23.0. The van der Waals surface area contributed by atoms with Crippen LogP contribution < -0.4 is 15.0 Å². The standard InChI is InChI=1S/C21H31N3O7/c1-13(18(19(25)26)22-20(27)31-21(2,3)4)10-14-8-9-23(12-14)16-7-6-15(24(28)29)11-17(16)30-5/h6-7,11,13-14,18H,8-10,12H2,1-5H3,(H,22,27)(H,25,26)/t13?,14-,18?/m0/s1. The van der Waals surface area contributed by atoms with E-state index in [9.17, 15) is 24.8 Å². The third-order valence-electron chi connectivity index (χ3n) is 5.21. The lowest BCUT2D eigenvalue weighted by atomic mass is 9.89. The van der Waals surface area contributed by atoms with E-state index in [4.69, 9.17) is 9.47 Å². The van der Waals surface area contributed by atoms with Crippen LogP contribution in [0.2, 0.25) is 0 Å². The molecular weight excluding hydrogens is 406 g/mol. The highest BCUT2D eigenvalue weighted by molar-refractivity contribution is 5.80. The number of aliphatic carboxylic acids is 1. The second-order valence-electron chi connectivity index (χ2n) is 8.89. The molecule has 0 aliphatic carbocycles. The number of carboxylic acids is 1. The first-order valence-corrected chi connectivity index (χ1v) is 10.2. The number of carbonyl (C=O) groups is 2. The van der Waals surface area contributed by atoms with Crippen molar-refractivity contribution in [3.63, 3.8) is 0 Å². The summed E-state index contributed by atoms with van der Waals surface area (Å²) in [5.41, 5.74) is 0.0129. The van der Waals surface area contributed by atoms with Crippen molar-refractivity contribution in [1.29, 1.82) is 0 Å². The quantitative estimate of drug-likeness (QED) is 0.467. The van der Waals surface area contributed by atoms with Crippen LogP contribution in [0, 0.1) is 22.0 Å². The Morgan fingerprint density at radius 1 is 1.39 bits per heavy atom. The van der Waals surface area contributed by atoms with Gasteiger partial charge in [0.25, 0.3) is 5.69 Å². The van der Waals surface area contributed by atoms with Gasteiger partial charge >= 0.3 is 12.1 Å². The molecule has 172 valence electrons. The number of benzene rings is 1. The molecular formula is C21H31N3O7. The van der Waals surface area contributed by atoms with Gasteiger partial charge in [-0.3, -0.25) is 10.1 Å². The van der Waals surface area contributed by atoms with Crippen LogP contribution in [-0.2, 0) is 9.53 Å². The van der Waals surface area contributed by atoms with Crippen LogP contribution in [0.25, 0.3) is 0 Å². The number of nitro groups is 1. The van der Waals surface area contributed by atoms with E-state index in [1.165, 1.54) is 19.2 Å². The molecule has 1 aromatic rings. The Labute approximate surface area is 181 Å². The van der Waals surface area contributed by atoms with E-state index in [0.29, 0.717) is 18.7 Å². The highest BCUT2D eigenvalue weighted by atomic mass is 16.6. The van der Waals surface area contributed by atoms with Crippen LogP contribution in [0.15, 0.2) is 18.2 Å². The molecule has 1 saturated heterocycles. The van der Waals surface area contributed by atoms with Crippen molar-refractivity contribution in [3.05, 3.63) is 28.3 Å². The zero-order valence-electron chi connectivity index (χ0n) is 18.6. The van der Waals surface area contributed by atoms with Gasteiger partial charge in [-0.25, -0.2) is 9.59 Å². The number of non-ortho nitro benzene ring substituents is 1. The van der Waals surface area contributed by atoms with Gasteiger partial charge in [-0.1, -0.05) is 6.92 Å². The molecule has 3 atom stereocenters. The second-order valence-corrected chi connectivity index (χ2v) is 8.89. The number of nitrogens with zero attached hydrogens (tertiary/aromatic N) is 2. The largest absolute Gasteiger partial charge is 0.494 e. The van der Waals surface area contributed by atoms with Gasteiger partial charge in [0, 0.05) is 19.2 Å². The molecule has 1 amide bonds. The van der Waals surface area contributed by atoms with E-state index in [1.807, 2.05) is 0 Å². The number of carboxylic acid groups (broad SMARTS) is 1. The van der Waals surface area contributed by atoms with E-state index in [1.54, 1.807) is 33.8 Å². The number of alkyl carbamates (subject to hydrolysis) is 1. The molecule has 1 fully saturated rings. The monoisotopic (exact) mass is 437 g/mol. The molecule has 1 aliphatic heterocycles. The van der Waals surface area contributed by atoms with Crippen molar-refractivity contribution in [2.75, 3.05) is 25.1 Å². The predicted octanol–water partition coefficient (Wildman–Crippen LogP) is 3.43. The van der Waals surface area contributed by atoms with Crippen molar-refractivity contribution in [2.24, 2.45) is 11.8 Å². The minimum Gasteiger partial charge on any atom is -0.494 e. The van der Waals surface area contributed by atoms with Crippen LogP contribution in [-0.4, -0.2) is 53.9 Å². The van der Waals surface area contributed by atoms with Gasteiger partial charge in [-0.05, 0) is 51.5 Å². The van der Waals surface area contributed by atoms with E-state index in [2.05, 4.69) is 10.2 Å². The van der Waals surface area contributed by atoms with E-state index in [0.717, 1.165) is 18.7 Å². The van der Waals surface area contributed by atoms with Crippen molar-refractivity contribution in [1.82, 2.24) is 5.32 Å². The summed E-state index contributed by atoms with van der Waals surface area (Å²) in [6.45, 7) is 8.33. The highest BCUT2D eigenvalue weighted by Crippen LogP contribution is 2.36. The third kappa shape index (κ3) is 6.73. The van der Waals surface area contributed by atoms with Crippen LogP contribution in [0.5, 0.6) is 5.75 Å². The van der Waals surface area contributed by atoms with Crippen LogP contribution in [0.1, 0.15) is 40.5 Å². The number of ether oxygens (including phenoxy) is 2. The lowest BCUT2D eigenvalue weighted by molar-refractivity contribution is -0.384. The molecule has 0 saturated carbocycles. The SMILES string of the molecule is COc1cc([N+](=O)[O-])ccc1N1CC[C@@H](CC(C)C(NC(=O)OC(C)(C)C)C(=O)O)C1. The number of nitro benzene ring substituents is 1. The Bertz CT molecular complexity index is 822. The first kappa shape index (κ1) is 24.2. The van der Waals surface area contributed by atoms with Gasteiger partial charge in [0.1, 0.15) is 17.4 Å². The summed E-state index contributed by atoms with van der Waals surface area (Å²) in [5.74, 6) is -0.783. The van der Waals surface area contributed by atoms with Crippen LogP contribution in [0.4, 0.5) is 16.2 Å². The molecule has 0 spiro atoms. The highest BCUT2D eigenvalue weighted by Gasteiger charge is 2.33. The van der Waals surface area contributed by atoms with Crippen LogP contribution in [0.3, 0.4) is 0 Å². The molecule has 2 unspecified atom stereocenters. The van der Waals surface area contributed by atoms with Gasteiger partial charge in [0.2, 0.25) is 0 Å². The molecule has 0 aromatic heterocycles. The number of methoxy groups -OCH3 is 1. The summed E-state index contributed by atoms with van der Waals surface area (Å²) in [4.78, 5) is 36.4. The summed E-state index contributed by atoms with van der Waals surface area (Å²) in [6.07, 6.45) is 0.678. The number of nitrogens with one attached hydrogen (secondary N) is 1. The Hall–Kier alpha value is -3.04. The molecule has 2 rings (SSSR count). The maximum atomic E-state index is 12.0. The summed E-state index contributed by atoms with van der Waals surface area (Å²) in [6, 6.07) is 3.46. The minimum atomic E-state index is -1.11. The molecule has 0 radical (unpaired) electrons. The number of hydrogen-bond acceptors (Lipinski definition) is 7.